The number of carbonyl (C=O) groups excluding carboxylic acids is 2. The molecule has 3 aromatic heterocycles. The molecule has 0 bridgehead atoms. The van der Waals surface area contributed by atoms with Crippen LogP contribution in [0.2, 0.25) is 0 Å². The maximum Gasteiger partial charge on any atom is 0.419 e. The molecule has 0 atom stereocenters. The summed E-state index contributed by atoms with van der Waals surface area (Å²) in [7, 11) is 0. The summed E-state index contributed by atoms with van der Waals surface area (Å²) in [4.78, 5) is 34.1. The monoisotopic (exact) mass is 428 g/mol. The molecule has 0 aliphatic rings. The number of hydrogen-bond donors (Lipinski definition) is 0. The number of nitrogens with zero attached hydrogens (tertiary/aromatic N) is 4. The number of fused-ring (bicyclic) bond motifs is 1. The summed E-state index contributed by atoms with van der Waals surface area (Å²) in [5.41, 5.74) is -0.307. The van der Waals surface area contributed by atoms with E-state index in [4.69, 9.17) is 9.26 Å². The number of rotatable bonds is 3. The van der Waals surface area contributed by atoms with Gasteiger partial charge in [-0.25, -0.2) is 18.7 Å². The number of thiazole rings is 1. The van der Waals surface area contributed by atoms with Crippen molar-refractivity contribution in [1.29, 1.82) is 0 Å². The van der Waals surface area contributed by atoms with Gasteiger partial charge in [0.1, 0.15) is 17.1 Å². The topological polar surface area (TPSA) is 100 Å². The number of para-hydroxylation sites is 1. The first-order valence-electron chi connectivity index (χ1n) is 8.98. The molecule has 10 heteroatoms. The predicted octanol–water partition coefficient (Wildman–Crippen LogP) is 4.61. The molecule has 3 heterocycles. The van der Waals surface area contributed by atoms with E-state index in [0.29, 0.717) is 11.5 Å². The zero-order valence-corrected chi connectivity index (χ0v) is 17.4. The second-order valence-electron chi connectivity index (χ2n) is 7.54. The van der Waals surface area contributed by atoms with Crippen LogP contribution in [0.15, 0.2) is 34.3 Å². The third kappa shape index (κ3) is 3.61. The maximum absolute atomic E-state index is 14.6. The van der Waals surface area contributed by atoms with Crippen molar-refractivity contribution < 1.29 is 23.2 Å². The Hall–Kier alpha value is -3.40. The van der Waals surface area contributed by atoms with E-state index in [-0.39, 0.29) is 27.4 Å². The van der Waals surface area contributed by atoms with Gasteiger partial charge in [-0.15, -0.1) is 11.3 Å². The molecule has 0 N–H and O–H groups in total. The van der Waals surface area contributed by atoms with Crippen molar-refractivity contribution in [2.24, 2.45) is 0 Å². The van der Waals surface area contributed by atoms with Crippen molar-refractivity contribution in [3.8, 4) is 11.6 Å². The fourth-order valence-corrected chi connectivity index (χ4v) is 3.61. The van der Waals surface area contributed by atoms with Crippen LogP contribution in [0.25, 0.3) is 22.5 Å². The first-order chi connectivity index (χ1) is 14.1. The normalized spacial score (nSPS) is 11.8. The molecule has 1 aromatic carbocycles. The Bertz CT molecular complexity index is 1280. The SMILES string of the molecule is Cc1noc(-c2csc(C(=O)c3cn(C(=O)OC(C)(C)C)c4c(F)cccc34)n2)n1. The highest BCUT2D eigenvalue weighted by molar-refractivity contribution is 7.12. The summed E-state index contributed by atoms with van der Waals surface area (Å²) in [5, 5.41) is 5.76. The number of ketones is 1. The predicted molar refractivity (Wildman–Crippen MR) is 107 cm³/mol. The van der Waals surface area contributed by atoms with E-state index < -0.39 is 23.3 Å². The zero-order valence-electron chi connectivity index (χ0n) is 16.6. The van der Waals surface area contributed by atoms with E-state index in [0.717, 1.165) is 15.9 Å². The molecule has 4 rings (SSSR count). The van der Waals surface area contributed by atoms with Gasteiger partial charge in [0.05, 0.1) is 11.1 Å². The Labute approximate surface area is 174 Å². The molecule has 0 unspecified atom stereocenters. The molecule has 0 fully saturated rings. The lowest BCUT2D eigenvalue weighted by Gasteiger charge is -2.19. The zero-order chi connectivity index (χ0) is 21.6. The van der Waals surface area contributed by atoms with Gasteiger partial charge in [0.2, 0.25) is 5.78 Å². The molecule has 30 heavy (non-hydrogen) atoms. The summed E-state index contributed by atoms with van der Waals surface area (Å²) >= 11 is 1.09. The molecule has 0 saturated heterocycles. The molecule has 8 nitrogen and oxygen atoms in total. The first kappa shape index (κ1) is 19.9. The average molecular weight is 428 g/mol. The highest BCUT2D eigenvalue weighted by Crippen LogP contribution is 2.29. The number of halogens is 1. The second-order valence-corrected chi connectivity index (χ2v) is 8.40. The van der Waals surface area contributed by atoms with Gasteiger partial charge < -0.3 is 9.26 Å². The van der Waals surface area contributed by atoms with Crippen molar-refractivity contribution in [3.05, 3.63) is 52.0 Å². The lowest BCUT2D eigenvalue weighted by molar-refractivity contribution is 0.0543. The van der Waals surface area contributed by atoms with E-state index in [9.17, 15) is 14.0 Å². The number of ether oxygens (including phenoxy) is 1. The third-order valence-electron chi connectivity index (χ3n) is 4.06. The Morgan fingerprint density at radius 2 is 2.00 bits per heavy atom. The summed E-state index contributed by atoms with van der Waals surface area (Å²) in [5.74, 6) is -0.453. The minimum atomic E-state index is -0.782. The van der Waals surface area contributed by atoms with Crippen LogP contribution in [0.4, 0.5) is 9.18 Å². The standard InChI is InChI=1S/C20H17FN4O4S/c1-10-22-17(29-24-10)14-9-30-18(23-14)16(26)12-8-25(19(27)28-20(2,3)4)15-11(12)6-5-7-13(15)21/h5-9H,1-4H3. The minimum absolute atomic E-state index is 0.0283. The van der Waals surface area contributed by atoms with Gasteiger partial charge in [0.15, 0.2) is 10.8 Å². The lowest BCUT2D eigenvalue weighted by Crippen LogP contribution is -2.27. The van der Waals surface area contributed by atoms with E-state index in [2.05, 4.69) is 15.1 Å². The van der Waals surface area contributed by atoms with Crippen LogP contribution >= 0.6 is 11.3 Å². The van der Waals surface area contributed by atoms with Gasteiger partial charge in [-0.3, -0.25) is 4.79 Å². The van der Waals surface area contributed by atoms with Crippen LogP contribution in [0.3, 0.4) is 0 Å². The minimum Gasteiger partial charge on any atom is -0.443 e. The van der Waals surface area contributed by atoms with E-state index in [1.165, 1.54) is 18.3 Å². The molecule has 0 aliphatic carbocycles. The highest BCUT2D eigenvalue weighted by atomic mass is 32.1. The van der Waals surface area contributed by atoms with Crippen molar-refractivity contribution in [1.82, 2.24) is 19.7 Å². The first-order valence-corrected chi connectivity index (χ1v) is 9.86. The van der Waals surface area contributed by atoms with Gasteiger partial charge in [-0.05, 0) is 33.8 Å². The largest absolute Gasteiger partial charge is 0.443 e. The van der Waals surface area contributed by atoms with E-state index in [1.54, 1.807) is 39.1 Å². The maximum atomic E-state index is 14.6. The summed E-state index contributed by atoms with van der Waals surface area (Å²) in [6, 6.07) is 4.27. The van der Waals surface area contributed by atoms with Crippen LogP contribution in [0.1, 0.15) is 42.0 Å². The molecule has 4 aromatic rings. The molecule has 0 amide bonds. The number of benzene rings is 1. The Balaban J connectivity index is 1.78. The lowest BCUT2D eigenvalue weighted by atomic mass is 10.1. The van der Waals surface area contributed by atoms with Gasteiger partial charge in [0, 0.05) is 17.0 Å². The molecule has 154 valence electrons. The van der Waals surface area contributed by atoms with Gasteiger partial charge in [-0.1, -0.05) is 17.3 Å². The average Bonchev–Trinajstić information content (AvgIpc) is 3.37. The van der Waals surface area contributed by atoms with Crippen LogP contribution in [0.5, 0.6) is 0 Å². The van der Waals surface area contributed by atoms with Gasteiger partial charge >= 0.3 is 6.09 Å². The smallest absolute Gasteiger partial charge is 0.419 e. The van der Waals surface area contributed by atoms with Crippen LogP contribution in [0, 0.1) is 12.7 Å². The quantitative estimate of drug-likeness (QED) is 0.439. The number of aryl methyl sites for hydroxylation is 1. The van der Waals surface area contributed by atoms with Crippen molar-refractivity contribution >= 4 is 34.1 Å². The van der Waals surface area contributed by atoms with E-state index >= 15 is 0 Å². The Morgan fingerprint density at radius 1 is 1.23 bits per heavy atom. The molecule has 0 spiro atoms. The number of hydrogen-bond acceptors (Lipinski definition) is 8. The molecular formula is C20H17FN4O4S. The van der Waals surface area contributed by atoms with Crippen molar-refractivity contribution in [3.63, 3.8) is 0 Å². The van der Waals surface area contributed by atoms with Crippen LogP contribution < -0.4 is 0 Å². The van der Waals surface area contributed by atoms with Crippen molar-refractivity contribution in [2.75, 3.05) is 0 Å². The summed E-state index contributed by atoms with van der Waals surface area (Å²) in [6.07, 6.45) is 0.500. The molecule has 0 radical (unpaired) electrons. The van der Waals surface area contributed by atoms with Crippen LogP contribution in [-0.4, -0.2) is 37.2 Å². The Kier molecular flexibility index (Phi) is 4.73. The van der Waals surface area contributed by atoms with E-state index in [1.807, 2.05) is 0 Å². The van der Waals surface area contributed by atoms with Crippen molar-refractivity contribution in [2.45, 2.75) is 33.3 Å². The highest BCUT2D eigenvalue weighted by Gasteiger charge is 2.26. The van der Waals surface area contributed by atoms with Crippen LogP contribution in [-0.2, 0) is 4.74 Å². The second kappa shape index (κ2) is 7.13. The fourth-order valence-electron chi connectivity index (χ4n) is 2.87. The van der Waals surface area contributed by atoms with Gasteiger partial charge in [0.25, 0.3) is 5.89 Å². The number of aromatic nitrogens is 4. The molecular weight excluding hydrogens is 411 g/mol. The summed E-state index contributed by atoms with van der Waals surface area (Å²) in [6.45, 7) is 6.78. The fraction of sp³-hybridized carbons (Fsp3) is 0.250. The third-order valence-corrected chi connectivity index (χ3v) is 4.90. The number of carbonyl (C=O) groups is 2. The molecule has 0 aliphatic heterocycles. The molecule has 0 saturated carbocycles. The Morgan fingerprint density at radius 3 is 2.67 bits per heavy atom. The van der Waals surface area contributed by atoms with Gasteiger partial charge in [-0.2, -0.15) is 4.98 Å². The summed E-state index contributed by atoms with van der Waals surface area (Å²) < 4.78 is 26.0.